The molecule has 0 bridgehead atoms. The molecule has 0 atom stereocenters. The van der Waals surface area contributed by atoms with Crippen molar-refractivity contribution in [3.05, 3.63) is 0 Å². The summed E-state index contributed by atoms with van der Waals surface area (Å²) in [5.41, 5.74) is 0. The second kappa shape index (κ2) is 7.99. The average Bonchev–Trinajstić information content (AvgIpc) is 2.01. The summed E-state index contributed by atoms with van der Waals surface area (Å²) in [6.07, 6.45) is 5.36. The van der Waals surface area contributed by atoms with E-state index in [-0.39, 0.29) is 0 Å². The highest BCUT2D eigenvalue weighted by Crippen LogP contribution is 2.00. The predicted octanol–water partition coefficient (Wildman–Crippen LogP) is 3.16. The van der Waals surface area contributed by atoms with Crippen molar-refractivity contribution in [1.82, 2.24) is 5.12 Å². The first kappa shape index (κ1) is 10.9. The first-order valence-corrected chi connectivity index (χ1v) is 4.72. The van der Waals surface area contributed by atoms with Crippen LogP contribution in [-0.2, 0) is 0 Å². The molecule has 0 heterocycles. The van der Waals surface area contributed by atoms with Crippen molar-refractivity contribution in [2.45, 2.75) is 46.0 Å². The van der Waals surface area contributed by atoms with Crippen molar-refractivity contribution >= 4 is 0 Å². The number of unbranched alkanes of at least 4 members (excludes halogenated alkanes) is 3. The van der Waals surface area contributed by atoms with E-state index < -0.39 is 0 Å². The lowest BCUT2D eigenvalue weighted by Crippen LogP contribution is -2.15. The lowest BCUT2D eigenvalue weighted by molar-refractivity contribution is 0.0223. The summed E-state index contributed by atoms with van der Waals surface area (Å²) in [6.45, 7) is 5.45. The van der Waals surface area contributed by atoms with E-state index >= 15 is 0 Å². The third kappa shape index (κ3) is 7.79. The maximum absolute atomic E-state index is 12.7. The smallest absolute Gasteiger partial charge is 0.0290 e. The fourth-order valence-corrected chi connectivity index (χ4v) is 0.975. The lowest BCUT2D eigenvalue weighted by Gasteiger charge is -2.09. The molecule has 0 aliphatic heterocycles. The van der Waals surface area contributed by atoms with E-state index in [0.717, 1.165) is 30.8 Å². The van der Waals surface area contributed by atoms with Crippen molar-refractivity contribution in [2.75, 3.05) is 13.1 Å². The second-order valence-electron chi connectivity index (χ2n) is 2.97. The van der Waals surface area contributed by atoms with Crippen molar-refractivity contribution in [2.24, 2.45) is 0 Å². The Hall–Kier alpha value is -0.110. The van der Waals surface area contributed by atoms with Crippen LogP contribution in [0, 0.1) is 0 Å². The minimum atomic E-state index is 0.611. The van der Waals surface area contributed by atoms with Crippen molar-refractivity contribution in [3.63, 3.8) is 0 Å². The van der Waals surface area contributed by atoms with Crippen LogP contribution in [0.5, 0.6) is 0 Å². The molecule has 0 aromatic rings. The van der Waals surface area contributed by atoms with Crippen LogP contribution in [0.15, 0.2) is 0 Å². The number of rotatable bonds is 7. The fraction of sp³-hybridized carbons (Fsp3) is 1.00. The highest BCUT2D eigenvalue weighted by Gasteiger charge is 1.99. The van der Waals surface area contributed by atoms with E-state index in [1.165, 1.54) is 6.42 Å². The maximum Gasteiger partial charge on any atom is 0.0290 e. The van der Waals surface area contributed by atoms with Crippen LogP contribution in [0.25, 0.3) is 0 Å². The van der Waals surface area contributed by atoms with Crippen LogP contribution in [0.1, 0.15) is 46.0 Å². The molecular formula is C9H20FN. The third-order valence-electron chi connectivity index (χ3n) is 1.76. The minimum absolute atomic E-state index is 0.611. The molecule has 0 unspecified atom stereocenters. The van der Waals surface area contributed by atoms with Gasteiger partial charge in [-0.05, 0) is 12.8 Å². The summed E-state index contributed by atoms with van der Waals surface area (Å²) in [5, 5.41) is 0.944. The molecule has 0 amide bonds. The number of nitrogens with zero attached hydrogens (tertiary/aromatic N) is 1. The highest BCUT2D eigenvalue weighted by molar-refractivity contribution is 4.46. The molecule has 11 heavy (non-hydrogen) atoms. The van der Waals surface area contributed by atoms with E-state index in [1.54, 1.807) is 0 Å². The van der Waals surface area contributed by atoms with Crippen LogP contribution in [0.4, 0.5) is 4.48 Å². The molecule has 1 nitrogen and oxygen atoms in total. The SMILES string of the molecule is CCCCCN(F)CCCC. The van der Waals surface area contributed by atoms with Crippen molar-refractivity contribution in [1.29, 1.82) is 0 Å². The molecule has 0 radical (unpaired) electrons. The summed E-state index contributed by atoms with van der Waals surface area (Å²) in [6, 6.07) is 0. The molecule has 0 N–H and O–H groups in total. The van der Waals surface area contributed by atoms with Crippen molar-refractivity contribution in [3.8, 4) is 0 Å². The van der Waals surface area contributed by atoms with Crippen LogP contribution < -0.4 is 0 Å². The van der Waals surface area contributed by atoms with Gasteiger partial charge in [-0.3, -0.25) is 0 Å². The Morgan fingerprint density at radius 1 is 0.909 bits per heavy atom. The van der Waals surface area contributed by atoms with Gasteiger partial charge in [-0.15, -0.1) is 9.60 Å². The van der Waals surface area contributed by atoms with E-state index in [0.29, 0.717) is 13.1 Å². The van der Waals surface area contributed by atoms with Crippen molar-refractivity contribution < 1.29 is 4.48 Å². The minimum Gasteiger partial charge on any atom is -0.146 e. The molecular weight excluding hydrogens is 141 g/mol. The first-order chi connectivity index (χ1) is 5.31. The normalized spacial score (nSPS) is 10.9. The summed E-state index contributed by atoms with van der Waals surface area (Å²) in [7, 11) is 0. The topological polar surface area (TPSA) is 3.24 Å². The van der Waals surface area contributed by atoms with Gasteiger partial charge in [-0.2, -0.15) is 0 Å². The van der Waals surface area contributed by atoms with Gasteiger partial charge in [-0.25, -0.2) is 0 Å². The molecule has 0 aromatic heterocycles. The van der Waals surface area contributed by atoms with Crippen LogP contribution >= 0.6 is 0 Å². The van der Waals surface area contributed by atoms with Gasteiger partial charge in [0, 0.05) is 13.1 Å². The lowest BCUT2D eigenvalue weighted by atomic mass is 10.2. The summed E-state index contributed by atoms with van der Waals surface area (Å²) < 4.78 is 12.7. The van der Waals surface area contributed by atoms with Gasteiger partial charge in [0.2, 0.25) is 0 Å². The molecule has 0 saturated heterocycles. The Bertz CT molecular complexity index is 76.0. The van der Waals surface area contributed by atoms with Crippen LogP contribution in [0.2, 0.25) is 0 Å². The van der Waals surface area contributed by atoms with Gasteiger partial charge in [0.05, 0.1) is 0 Å². The summed E-state index contributed by atoms with van der Waals surface area (Å²) in [5.74, 6) is 0. The van der Waals surface area contributed by atoms with Gasteiger partial charge in [0.1, 0.15) is 0 Å². The average molecular weight is 161 g/mol. The molecule has 0 spiro atoms. The Morgan fingerprint density at radius 2 is 1.45 bits per heavy atom. The van der Waals surface area contributed by atoms with Gasteiger partial charge in [-0.1, -0.05) is 33.1 Å². The second-order valence-corrected chi connectivity index (χ2v) is 2.97. The van der Waals surface area contributed by atoms with E-state index in [9.17, 15) is 4.48 Å². The van der Waals surface area contributed by atoms with E-state index in [1.807, 2.05) is 0 Å². The first-order valence-electron chi connectivity index (χ1n) is 4.72. The molecule has 0 rings (SSSR count). The Labute approximate surface area is 69.5 Å². The predicted molar refractivity (Wildman–Crippen MR) is 47.1 cm³/mol. The van der Waals surface area contributed by atoms with E-state index in [2.05, 4.69) is 13.8 Å². The fourth-order valence-electron chi connectivity index (χ4n) is 0.975. The molecule has 0 aromatic carbocycles. The Kier molecular flexibility index (Phi) is 7.91. The highest BCUT2D eigenvalue weighted by atomic mass is 19.2. The number of hydrogen-bond acceptors (Lipinski definition) is 1. The number of hydrogen-bond donors (Lipinski definition) is 0. The van der Waals surface area contributed by atoms with Crippen LogP contribution in [-0.4, -0.2) is 18.2 Å². The zero-order valence-electron chi connectivity index (χ0n) is 7.77. The quantitative estimate of drug-likeness (QED) is 0.409. The van der Waals surface area contributed by atoms with Gasteiger partial charge < -0.3 is 0 Å². The zero-order valence-corrected chi connectivity index (χ0v) is 7.77. The zero-order chi connectivity index (χ0) is 8.53. The molecule has 0 aliphatic rings. The van der Waals surface area contributed by atoms with Crippen LogP contribution in [0.3, 0.4) is 0 Å². The van der Waals surface area contributed by atoms with E-state index in [4.69, 9.17) is 0 Å². The van der Waals surface area contributed by atoms with Gasteiger partial charge in [0.25, 0.3) is 0 Å². The largest absolute Gasteiger partial charge is 0.146 e. The summed E-state index contributed by atoms with van der Waals surface area (Å²) in [4.78, 5) is 0. The monoisotopic (exact) mass is 161 g/mol. The molecule has 0 saturated carbocycles. The molecule has 0 aliphatic carbocycles. The molecule has 68 valence electrons. The molecule has 0 fully saturated rings. The standard InChI is InChI=1S/C9H20FN/c1-3-5-7-9-11(10)8-6-4-2/h3-9H2,1-2H3. The van der Waals surface area contributed by atoms with Gasteiger partial charge in [0.15, 0.2) is 0 Å². The van der Waals surface area contributed by atoms with Gasteiger partial charge >= 0.3 is 0 Å². The number of halogens is 1. The summed E-state index contributed by atoms with van der Waals surface area (Å²) >= 11 is 0. The molecule has 2 heteroatoms. The third-order valence-corrected chi connectivity index (χ3v) is 1.76. The Morgan fingerprint density at radius 3 is 2.00 bits per heavy atom. The maximum atomic E-state index is 12.7. The Balaban J connectivity index is 3.02.